The number of hydrogen-bond donors (Lipinski definition) is 1. The number of carbonyl (C=O) groups excluding carboxylic acids is 1. The zero-order valence-electron chi connectivity index (χ0n) is 18.1. The Balaban J connectivity index is 1.64. The third kappa shape index (κ3) is 5.10. The molecule has 2 heterocycles. The van der Waals surface area contributed by atoms with Crippen molar-refractivity contribution in [2.24, 2.45) is 16.3 Å². The second-order valence-electron chi connectivity index (χ2n) is 9.06. The highest BCUT2D eigenvalue weighted by Crippen LogP contribution is 2.45. The van der Waals surface area contributed by atoms with Crippen LogP contribution in [0.5, 0.6) is 0 Å². The number of aliphatic imine (C=N–C) groups is 1. The first-order chi connectivity index (χ1) is 14.8. The Hall–Kier alpha value is -2.37. The number of benzene rings is 1. The van der Waals surface area contributed by atoms with Gasteiger partial charge in [0, 0.05) is 16.1 Å². The minimum atomic E-state index is -0.0913. The number of amides is 1. The van der Waals surface area contributed by atoms with Crippen molar-refractivity contribution in [1.82, 2.24) is 5.32 Å². The molecule has 4 nitrogen and oxygen atoms in total. The van der Waals surface area contributed by atoms with E-state index in [0.29, 0.717) is 23.0 Å². The summed E-state index contributed by atoms with van der Waals surface area (Å²) in [5.74, 6) is 1.24. The van der Waals surface area contributed by atoms with Gasteiger partial charge in [0.25, 0.3) is 5.91 Å². The molecule has 0 saturated carbocycles. The second-order valence-corrected chi connectivity index (χ2v) is 10.6. The Morgan fingerprint density at radius 3 is 2.74 bits per heavy atom. The average Bonchev–Trinajstić information content (AvgIpc) is 3.38. The standard InChI is InChI=1S/C25H27ClN2O2S/c1-25(2,3)17-8-11-20-21(13-17)31-24(28-14-16-6-9-18(26)10-7-16)22(20)23(29)27-15-19-5-4-12-30-19/h4-7,9-10,12,14,17H,8,11,13,15H2,1-3H3,(H,27,29)/t17-/m1/s1. The van der Waals surface area contributed by atoms with Crippen LogP contribution in [0.15, 0.2) is 52.1 Å². The van der Waals surface area contributed by atoms with Crippen molar-refractivity contribution in [3.63, 3.8) is 0 Å². The fourth-order valence-corrected chi connectivity index (χ4v) is 5.38. The molecule has 0 aliphatic heterocycles. The van der Waals surface area contributed by atoms with Crippen LogP contribution < -0.4 is 5.32 Å². The summed E-state index contributed by atoms with van der Waals surface area (Å²) >= 11 is 7.64. The Bertz CT molecular complexity index is 1080. The molecule has 4 rings (SSSR count). The second kappa shape index (κ2) is 9.01. The van der Waals surface area contributed by atoms with Gasteiger partial charge < -0.3 is 9.73 Å². The maximum Gasteiger partial charge on any atom is 0.255 e. The van der Waals surface area contributed by atoms with E-state index in [1.165, 1.54) is 4.88 Å². The topological polar surface area (TPSA) is 54.6 Å². The van der Waals surface area contributed by atoms with Gasteiger partial charge in [-0.3, -0.25) is 4.79 Å². The Kier molecular flexibility index (Phi) is 6.35. The summed E-state index contributed by atoms with van der Waals surface area (Å²) in [6, 6.07) is 11.2. The fourth-order valence-electron chi connectivity index (χ4n) is 3.99. The lowest BCUT2D eigenvalue weighted by Gasteiger charge is -2.33. The number of thiophene rings is 1. The number of fused-ring (bicyclic) bond motifs is 1. The lowest BCUT2D eigenvalue weighted by atomic mass is 9.72. The van der Waals surface area contributed by atoms with Crippen molar-refractivity contribution < 1.29 is 9.21 Å². The summed E-state index contributed by atoms with van der Waals surface area (Å²) < 4.78 is 5.36. The van der Waals surface area contributed by atoms with Crippen LogP contribution in [-0.4, -0.2) is 12.1 Å². The largest absolute Gasteiger partial charge is 0.467 e. The molecule has 1 N–H and O–H groups in total. The van der Waals surface area contributed by atoms with Crippen LogP contribution in [0.3, 0.4) is 0 Å². The Morgan fingerprint density at radius 1 is 1.29 bits per heavy atom. The molecule has 1 aliphatic rings. The van der Waals surface area contributed by atoms with E-state index < -0.39 is 0 Å². The molecule has 31 heavy (non-hydrogen) atoms. The van der Waals surface area contributed by atoms with Crippen LogP contribution >= 0.6 is 22.9 Å². The van der Waals surface area contributed by atoms with Crippen molar-refractivity contribution in [2.75, 3.05) is 0 Å². The number of nitrogens with zero attached hydrogens (tertiary/aromatic N) is 1. The van der Waals surface area contributed by atoms with E-state index in [1.54, 1.807) is 23.8 Å². The van der Waals surface area contributed by atoms with Gasteiger partial charge in [-0.05, 0) is 66.0 Å². The molecular formula is C25H27ClN2O2S. The van der Waals surface area contributed by atoms with E-state index in [1.807, 2.05) is 36.4 Å². The summed E-state index contributed by atoms with van der Waals surface area (Å²) in [6.45, 7) is 7.26. The van der Waals surface area contributed by atoms with Crippen molar-refractivity contribution in [2.45, 2.75) is 46.6 Å². The van der Waals surface area contributed by atoms with Crippen molar-refractivity contribution in [3.8, 4) is 0 Å². The molecule has 162 valence electrons. The average molecular weight is 455 g/mol. The molecule has 1 atom stereocenters. The minimum absolute atomic E-state index is 0.0913. The summed E-state index contributed by atoms with van der Waals surface area (Å²) in [5.41, 5.74) is 3.07. The Morgan fingerprint density at radius 2 is 2.06 bits per heavy atom. The molecule has 6 heteroatoms. The van der Waals surface area contributed by atoms with Gasteiger partial charge in [0.1, 0.15) is 10.8 Å². The third-order valence-corrected chi connectivity index (χ3v) is 7.32. The monoisotopic (exact) mass is 454 g/mol. The lowest BCUT2D eigenvalue weighted by Crippen LogP contribution is -2.28. The first-order valence-corrected chi connectivity index (χ1v) is 11.8. The minimum Gasteiger partial charge on any atom is -0.467 e. The maximum atomic E-state index is 13.2. The molecule has 0 bridgehead atoms. The van der Waals surface area contributed by atoms with Gasteiger partial charge in [-0.2, -0.15) is 0 Å². The summed E-state index contributed by atoms with van der Waals surface area (Å²) in [6.07, 6.45) is 6.42. The normalized spacial score (nSPS) is 16.5. The predicted molar refractivity (Wildman–Crippen MR) is 128 cm³/mol. The number of carbonyl (C=O) groups is 1. The van der Waals surface area contributed by atoms with E-state index >= 15 is 0 Å². The quantitative estimate of drug-likeness (QED) is 0.429. The summed E-state index contributed by atoms with van der Waals surface area (Å²) in [7, 11) is 0. The van der Waals surface area contributed by atoms with Gasteiger partial charge in [-0.1, -0.05) is 44.5 Å². The van der Waals surface area contributed by atoms with E-state index in [-0.39, 0.29) is 11.3 Å². The van der Waals surface area contributed by atoms with E-state index in [4.69, 9.17) is 21.0 Å². The van der Waals surface area contributed by atoms with E-state index in [2.05, 4.69) is 26.1 Å². The van der Waals surface area contributed by atoms with Gasteiger partial charge in [0.15, 0.2) is 0 Å². The van der Waals surface area contributed by atoms with Gasteiger partial charge in [0.2, 0.25) is 0 Å². The summed E-state index contributed by atoms with van der Waals surface area (Å²) in [4.78, 5) is 19.2. The Labute approximate surface area is 192 Å². The molecule has 3 aromatic rings. The number of nitrogens with one attached hydrogen (secondary N) is 1. The summed E-state index contributed by atoms with van der Waals surface area (Å²) in [5, 5.41) is 4.47. The first-order valence-electron chi connectivity index (χ1n) is 10.6. The van der Waals surface area contributed by atoms with Crippen LogP contribution in [0.1, 0.15) is 59.3 Å². The fraction of sp³-hybridized carbons (Fsp3) is 0.360. The number of rotatable bonds is 5. The highest BCUT2D eigenvalue weighted by Gasteiger charge is 2.33. The van der Waals surface area contributed by atoms with Gasteiger partial charge in [-0.25, -0.2) is 4.99 Å². The zero-order chi connectivity index (χ0) is 22.0. The van der Waals surface area contributed by atoms with Crippen LogP contribution in [0, 0.1) is 11.3 Å². The predicted octanol–water partition coefficient (Wildman–Crippen LogP) is 6.83. The first kappa shape index (κ1) is 21.8. The highest BCUT2D eigenvalue weighted by atomic mass is 35.5. The van der Waals surface area contributed by atoms with Crippen LogP contribution in [-0.2, 0) is 19.4 Å². The highest BCUT2D eigenvalue weighted by molar-refractivity contribution is 7.16. The number of hydrogen-bond acceptors (Lipinski definition) is 4. The van der Waals surface area contributed by atoms with Crippen LogP contribution in [0.2, 0.25) is 5.02 Å². The number of furan rings is 1. The molecule has 0 unspecified atom stereocenters. The molecule has 2 aromatic heterocycles. The van der Waals surface area contributed by atoms with Gasteiger partial charge in [-0.15, -0.1) is 11.3 Å². The van der Waals surface area contributed by atoms with E-state index in [0.717, 1.165) is 41.2 Å². The smallest absolute Gasteiger partial charge is 0.255 e. The molecule has 1 aliphatic carbocycles. The van der Waals surface area contributed by atoms with Crippen LogP contribution in [0.25, 0.3) is 0 Å². The van der Waals surface area contributed by atoms with E-state index in [9.17, 15) is 4.79 Å². The molecule has 0 spiro atoms. The lowest BCUT2D eigenvalue weighted by molar-refractivity contribution is 0.0947. The van der Waals surface area contributed by atoms with Crippen LogP contribution in [0.4, 0.5) is 5.00 Å². The molecule has 1 amide bonds. The van der Waals surface area contributed by atoms with Crippen molar-refractivity contribution >= 4 is 40.1 Å². The van der Waals surface area contributed by atoms with Gasteiger partial charge >= 0.3 is 0 Å². The third-order valence-electron chi connectivity index (χ3n) is 5.90. The molecule has 0 saturated heterocycles. The molecular weight excluding hydrogens is 428 g/mol. The number of halogens is 1. The maximum absolute atomic E-state index is 13.2. The molecule has 0 fully saturated rings. The molecule has 1 aromatic carbocycles. The van der Waals surface area contributed by atoms with Crippen molar-refractivity contribution in [1.29, 1.82) is 0 Å². The van der Waals surface area contributed by atoms with Gasteiger partial charge in [0.05, 0.1) is 18.4 Å². The SMILES string of the molecule is CC(C)(C)[C@@H]1CCc2c(sc(N=Cc3ccc(Cl)cc3)c2C(=O)NCc2ccco2)C1. The molecule has 0 radical (unpaired) electrons. The van der Waals surface area contributed by atoms with Crippen molar-refractivity contribution in [3.05, 3.63) is 75.0 Å². The zero-order valence-corrected chi connectivity index (χ0v) is 19.6.